The second kappa shape index (κ2) is 12.3. The summed E-state index contributed by atoms with van der Waals surface area (Å²) >= 11 is 0. The molecule has 2 amide bonds. The van der Waals surface area contributed by atoms with Crippen molar-refractivity contribution in [3.05, 3.63) is 59.9 Å². The van der Waals surface area contributed by atoms with Crippen molar-refractivity contribution in [2.45, 2.75) is 37.1 Å². The van der Waals surface area contributed by atoms with Gasteiger partial charge in [-0.3, -0.25) is 9.59 Å². The average Bonchev–Trinajstić information content (AvgIpc) is 2.85. The Morgan fingerprint density at radius 1 is 1.08 bits per heavy atom. The Labute approximate surface area is 212 Å². The zero-order valence-corrected chi connectivity index (χ0v) is 21.7. The molecule has 1 aliphatic heterocycles. The third-order valence-corrected chi connectivity index (χ3v) is 7.36. The van der Waals surface area contributed by atoms with Gasteiger partial charge in [0.15, 0.2) is 9.84 Å². The highest BCUT2D eigenvalue weighted by atomic mass is 32.2. The number of hydrogen-bond donors (Lipinski definition) is 2. The van der Waals surface area contributed by atoms with Crippen molar-refractivity contribution in [2.75, 3.05) is 44.4 Å². The minimum Gasteiger partial charge on any atom is -0.383 e. The molecule has 8 nitrogen and oxygen atoms in total. The number of amides is 2. The quantitative estimate of drug-likeness (QED) is 0.500. The fourth-order valence-electron chi connectivity index (χ4n) is 3.97. The van der Waals surface area contributed by atoms with Gasteiger partial charge in [-0.05, 0) is 41.8 Å². The predicted molar refractivity (Wildman–Crippen MR) is 136 cm³/mol. The zero-order valence-electron chi connectivity index (χ0n) is 20.9. The van der Waals surface area contributed by atoms with Gasteiger partial charge in [-0.1, -0.05) is 32.0 Å². The minimum atomic E-state index is -3.35. The largest absolute Gasteiger partial charge is 0.383 e. The van der Waals surface area contributed by atoms with Gasteiger partial charge < -0.3 is 20.3 Å². The summed E-state index contributed by atoms with van der Waals surface area (Å²) in [4.78, 5) is 28.3. The van der Waals surface area contributed by atoms with Crippen LogP contribution in [0.2, 0.25) is 0 Å². The first kappa shape index (κ1) is 27.6. The van der Waals surface area contributed by atoms with Crippen LogP contribution in [-0.2, 0) is 24.2 Å². The number of nitrogens with zero attached hydrogens (tertiary/aromatic N) is 1. The summed E-state index contributed by atoms with van der Waals surface area (Å²) in [5.41, 5.74) is 1.18. The fraction of sp³-hybridized carbons (Fsp3) is 0.462. The topological polar surface area (TPSA) is 105 Å². The van der Waals surface area contributed by atoms with Gasteiger partial charge in [-0.15, -0.1) is 0 Å². The van der Waals surface area contributed by atoms with Crippen LogP contribution in [0, 0.1) is 11.7 Å². The number of sulfone groups is 1. The van der Waals surface area contributed by atoms with E-state index >= 15 is 0 Å². The van der Waals surface area contributed by atoms with Crippen LogP contribution >= 0.6 is 0 Å². The van der Waals surface area contributed by atoms with Gasteiger partial charge >= 0.3 is 0 Å². The molecule has 36 heavy (non-hydrogen) atoms. The van der Waals surface area contributed by atoms with Crippen LogP contribution in [0.4, 0.5) is 10.1 Å². The Hall–Kier alpha value is -2.98. The molecule has 196 valence electrons. The van der Waals surface area contributed by atoms with Gasteiger partial charge in [-0.25, -0.2) is 12.8 Å². The van der Waals surface area contributed by atoms with Gasteiger partial charge in [0.2, 0.25) is 11.8 Å². The number of nitrogens with one attached hydrogen (secondary N) is 2. The van der Waals surface area contributed by atoms with Gasteiger partial charge in [0, 0.05) is 44.0 Å². The van der Waals surface area contributed by atoms with E-state index < -0.39 is 21.6 Å². The number of benzene rings is 2. The van der Waals surface area contributed by atoms with Gasteiger partial charge in [0.25, 0.3) is 0 Å². The normalized spacial score (nSPS) is 15.9. The van der Waals surface area contributed by atoms with E-state index in [9.17, 15) is 22.4 Å². The van der Waals surface area contributed by atoms with Crippen LogP contribution in [0.3, 0.4) is 0 Å². The number of halogens is 1. The van der Waals surface area contributed by atoms with Crippen LogP contribution in [0.5, 0.6) is 0 Å². The minimum absolute atomic E-state index is 0.0356. The Balaban J connectivity index is 1.74. The van der Waals surface area contributed by atoms with E-state index in [-0.39, 0.29) is 35.1 Å². The van der Waals surface area contributed by atoms with Crippen molar-refractivity contribution >= 4 is 27.3 Å². The molecule has 0 aliphatic carbocycles. The lowest BCUT2D eigenvalue weighted by Gasteiger charge is -2.30. The number of hydrogen-bond acceptors (Lipinski definition) is 6. The first-order chi connectivity index (χ1) is 17.0. The number of rotatable bonds is 10. The average molecular weight is 520 g/mol. The molecule has 1 heterocycles. The second-order valence-electron chi connectivity index (χ2n) is 9.34. The van der Waals surface area contributed by atoms with Crippen LogP contribution in [-0.4, -0.2) is 70.3 Å². The van der Waals surface area contributed by atoms with Crippen molar-refractivity contribution < 1.29 is 27.1 Å². The standard InChI is InChI=1S/C26H34FN3O5S/c1-18(2)24(17-28-21-5-4-6-22(15-21)36(3,33)34)29-26(32)23(19-7-9-20(27)10-8-19)16-25(31)30-11-13-35-14-12-30/h4-10,15,18,23-24,28H,11-14,16-17H2,1-3H3,(H,29,32)/t23?,24-/m1/s1. The summed E-state index contributed by atoms with van der Waals surface area (Å²) in [6.45, 7) is 6.14. The summed E-state index contributed by atoms with van der Waals surface area (Å²) in [5.74, 6) is -1.63. The highest BCUT2D eigenvalue weighted by molar-refractivity contribution is 7.90. The van der Waals surface area contributed by atoms with E-state index in [4.69, 9.17) is 4.74 Å². The molecule has 10 heteroatoms. The molecule has 1 fully saturated rings. The number of ether oxygens (including phenoxy) is 1. The Kier molecular flexibility index (Phi) is 9.44. The van der Waals surface area contributed by atoms with Crippen LogP contribution in [0.1, 0.15) is 31.7 Å². The highest BCUT2D eigenvalue weighted by Crippen LogP contribution is 2.23. The van der Waals surface area contributed by atoms with Crippen molar-refractivity contribution in [3.63, 3.8) is 0 Å². The second-order valence-corrected chi connectivity index (χ2v) is 11.4. The number of anilines is 1. The van der Waals surface area contributed by atoms with Crippen LogP contribution < -0.4 is 10.6 Å². The number of morpholine rings is 1. The number of carbonyl (C=O) groups is 2. The third kappa shape index (κ3) is 7.76. The predicted octanol–water partition coefficient (Wildman–Crippen LogP) is 2.81. The van der Waals surface area contributed by atoms with E-state index in [1.165, 1.54) is 30.3 Å². The first-order valence-corrected chi connectivity index (χ1v) is 13.9. The maximum Gasteiger partial charge on any atom is 0.228 e. The summed E-state index contributed by atoms with van der Waals surface area (Å²) in [6.07, 6.45) is 1.11. The molecule has 0 saturated carbocycles. The molecule has 0 bridgehead atoms. The molecule has 2 aromatic carbocycles. The Morgan fingerprint density at radius 2 is 1.75 bits per heavy atom. The molecule has 2 atom stereocenters. The van der Waals surface area contributed by atoms with Crippen molar-refractivity contribution in [1.29, 1.82) is 0 Å². The Morgan fingerprint density at radius 3 is 2.36 bits per heavy atom. The molecule has 1 unspecified atom stereocenters. The number of carbonyl (C=O) groups excluding carboxylic acids is 2. The molecule has 1 saturated heterocycles. The summed E-state index contributed by atoms with van der Waals surface area (Å²) in [7, 11) is -3.35. The maximum absolute atomic E-state index is 13.5. The Bertz CT molecular complexity index is 1150. The summed E-state index contributed by atoms with van der Waals surface area (Å²) in [5, 5.41) is 6.25. The van der Waals surface area contributed by atoms with Crippen LogP contribution in [0.15, 0.2) is 53.4 Å². The van der Waals surface area contributed by atoms with Gasteiger partial charge in [0.1, 0.15) is 5.82 Å². The molecule has 0 aromatic heterocycles. The molecular weight excluding hydrogens is 485 g/mol. The van der Waals surface area contributed by atoms with Crippen molar-refractivity contribution in [3.8, 4) is 0 Å². The van der Waals surface area contributed by atoms with E-state index in [1.807, 2.05) is 13.8 Å². The molecular formula is C26H34FN3O5S. The first-order valence-electron chi connectivity index (χ1n) is 12.0. The van der Waals surface area contributed by atoms with Gasteiger partial charge in [0.05, 0.1) is 24.0 Å². The third-order valence-electron chi connectivity index (χ3n) is 6.25. The molecule has 2 aromatic rings. The molecule has 2 N–H and O–H groups in total. The maximum atomic E-state index is 13.5. The van der Waals surface area contributed by atoms with Crippen molar-refractivity contribution in [2.24, 2.45) is 5.92 Å². The lowest BCUT2D eigenvalue weighted by molar-refractivity contribution is -0.138. The SMILES string of the molecule is CC(C)[C@@H](CNc1cccc(S(C)(=O)=O)c1)NC(=O)C(CC(=O)N1CCOCC1)c1ccc(F)cc1. The summed E-state index contributed by atoms with van der Waals surface area (Å²) < 4.78 is 42.6. The highest BCUT2D eigenvalue weighted by Gasteiger charge is 2.29. The lowest BCUT2D eigenvalue weighted by Crippen LogP contribution is -2.47. The summed E-state index contributed by atoms with van der Waals surface area (Å²) in [6, 6.07) is 11.8. The van der Waals surface area contributed by atoms with E-state index in [1.54, 1.807) is 23.1 Å². The van der Waals surface area contributed by atoms with Gasteiger partial charge in [-0.2, -0.15) is 0 Å². The lowest BCUT2D eigenvalue weighted by atomic mass is 9.92. The smallest absolute Gasteiger partial charge is 0.228 e. The van der Waals surface area contributed by atoms with Crippen LogP contribution in [0.25, 0.3) is 0 Å². The van der Waals surface area contributed by atoms with Crippen molar-refractivity contribution in [1.82, 2.24) is 10.2 Å². The molecule has 1 aliphatic rings. The fourth-order valence-corrected chi connectivity index (χ4v) is 4.64. The molecule has 0 radical (unpaired) electrons. The molecule has 3 rings (SSSR count). The molecule has 0 spiro atoms. The zero-order chi connectivity index (χ0) is 26.3. The monoisotopic (exact) mass is 519 g/mol. The van der Waals surface area contributed by atoms with E-state index in [0.717, 1.165) is 6.26 Å². The van der Waals surface area contributed by atoms with E-state index in [0.29, 0.717) is 44.1 Å². The van der Waals surface area contributed by atoms with E-state index in [2.05, 4.69) is 10.6 Å².